The first-order valence-electron chi connectivity index (χ1n) is 6.86. The van der Waals surface area contributed by atoms with Crippen molar-refractivity contribution in [1.82, 2.24) is 20.4 Å². The predicted molar refractivity (Wildman–Crippen MR) is 70.5 cm³/mol. The van der Waals surface area contributed by atoms with Crippen molar-refractivity contribution in [3.8, 4) is 0 Å². The zero-order chi connectivity index (χ0) is 13.1. The molecule has 18 heavy (non-hydrogen) atoms. The number of hydrogen-bond donors (Lipinski definition) is 1. The van der Waals surface area contributed by atoms with Crippen LogP contribution in [0.4, 0.5) is 0 Å². The van der Waals surface area contributed by atoms with Crippen molar-refractivity contribution in [3.63, 3.8) is 0 Å². The molecular weight excluding hydrogens is 228 g/mol. The fourth-order valence-electron chi connectivity index (χ4n) is 2.39. The van der Waals surface area contributed by atoms with Crippen molar-refractivity contribution < 1.29 is 4.52 Å². The van der Waals surface area contributed by atoms with Gasteiger partial charge in [-0.1, -0.05) is 5.16 Å². The highest BCUT2D eigenvalue weighted by Gasteiger charge is 2.26. The fourth-order valence-corrected chi connectivity index (χ4v) is 2.39. The summed E-state index contributed by atoms with van der Waals surface area (Å²) in [5.74, 6) is 2.04. The zero-order valence-corrected chi connectivity index (χ0v) is 11.8. The van der Waals surface area contributed by atoms with Gasteiger partial charge in [-0.25, -0.2) is 0 Å². The second kappa shape index (κ2) is 5.80. The molecule has 1 aliphatic rings. The number of hydrogen-bond acceptors (Lipinski definition) is 5. The minimum absolute atomic E-state index is 0.127. The molecule has 0 saturated carbocycles. The molecule has 0 amide bonds. The zero-order valence-electron chi connectivity index (χ0n) is 11.8. The van der Waals surface area contributed by atoms with Crippen molar-refractivity contribution in [2.24, 2.45) is 0 Å². The summed E-state index contributed by atoms with van der Waals surface area (Å²) >= 11 is 0. The van der Waals surface area contributed by atoms with Gasteiger partial charge in [0.25, 0.3) is 0 Å². The second-order valence-electron chi connectivity index (χ2n) is 5.41. The summed E-state index contributed by atoms with van der Waals surface area (Å²) in [5.41, 5.74) is 0. The summed E-state index contributed by atoms with van der Waals surface area (Å²) in [4.78, 5) is 7.02. The van der Waals surface area contributed by atoms with Gasteiger partial charge in [-0.3, -0.25) is 0 Å². The predicted octanol–water partition coefficient (Wildman–Crippen LogP) is 1.94. The molecule has 2 rings (SSSR count). The van der Waals surface area contributed by atoms with E-state index in [9.17, 15) is 0 Å². The first-order chi connectivity index (χ1) is 8.61. The Morgan fingerprint density at radius 3 is 2.50 bits per heavy atom. The maximum Gasteiger partial charge on any atom is 0.243 e. The highest BCUT2D eigenvalue weighted by Crippen LogP contribution is 2.27. The third-order valence-electron chi connectivity index (χ3n) is 3.89. The van der Waals surface area contributed by atoms with Crippen molar-refractivity contribution in [3.05, 3.63) is 11.7 Å². The van der Waals surface area contributed by atoms with E-state index in [1.165, 1.54) is 0 Å². The Bertz CT molecular complexity index is 369. The van der Waals surface area contributed by atoms with Crippen LogP contribution >= 0.6 is 0 Å². The van der Waals surface area contributed by atoms with E-state index in [0.29, 0.717) is 17.9 Å². The van der Waals surface area contributed by atoms with Crippen LogP contribution in [0.2, 0.25) is 0 Å². The van der Waals surface area contributed by atoms with E-state index in [4.69, 9.17) is 4.52 Å². The Labute approximate surface area is 109 Å². The standard InChI is InChI=1S/C13H24N4O/c1-9(2)17-7-5-11(6-8-17)12-15-13(18-16-12)10(3)14-4/h9-11,14H,5-8H2,1-4H3. The average Bonchev–Trinajstić information content (AvgIpc) is 2.87. The van der Waals surface area contributed by atoms with Gasteiger partial charge in [0.05, 0.1) is 6.04 Å². The Morgan fingerprint density at radius 2 is 1.94 bits per heavy atom. The highest BCUT2D eigenvalue weighted by molar-refractivity contribution is 5.00. The maximum absolute atomic E-state index is 5.31. The Hall–Kier alpha value is -0.940. The minimum atomic E-state index is 0.127. The molecule has 1 aromatic heterocycles. The van der Waals surface area contributed by atoms with Gasteiger partial charge < -0.3 is 14.7 Å². The lowest BCUT2D eigenvalue weighted by Gasteiger charge is -2.33. The topological polar surface area (TPSA) is 54.2 Å². The van der Waals surface area contributed by atoms with E-state index in [0.717, 1.165) is 31.8 Å². The number of aromatic nitrogens is 2. The number of likely N-dealkylation sites (tertiary alicyclic amines) is 1. The summed E-state index contributed by atoms with van der Waals surface area (Å²) in [6.07, 6.45) is 2.26. The lowest BCUT2D eigenvalue weighted by molar-refractivity contribution is 0.168. The molecule has 102 valence electrons. The van der Waals surface area contributed by atoms with Crippen LogP contribution in [0, 0.1) is 0 Å². The van der Waals surface area contributed by atoms with E-state index in [1.807, 2.05) is 14.0 Å². The molecule has 1 fully saturated rings. The summed E-state index contributed by atoms with van der Waals surface area (Å²) in [6, 6.07) is 0.762. The van der Waals surface area contributed by atoms with Gasteiger partial charge >= 0.3 is 0 Å². The van der Waals surface area contributed by atoms with Crippen molar-refractivity contribution in [2.75, 3.05) is 20.1 Å². The van der Waals surface area contributed by atoms with E-state index in [1.54, 1.807) is 0 Å². The first kappa shape index (κ1) is 13.5. The second-order valence-corrected chi connectivity index (χ2v) is 5.41. The molecule has 2 heterocycles. The maximum atomic E-state index is 5.31. The van der Waals surface area contributed by atoms with Crippen molar-refractivity contribution >= 4 is 0 Å². The molecule has 1 unspecified atom stereocenters. The molecule has 0 aromatic carbocycles. The highest BCUT2D eigenvalue weighted by atomic mass is 16.5. The van der Waals surface area contributed by atoms with Crippen LogP contribution in [0.5, 0.6) is 0 Å². The molecule has 0 spiro atoms. The molecule has 1 aromatic rings. The Balaban J connectivity index is 1.95. The third kappa shape index (κ3) is 2.90. The van der Waals surface area contributed by atoms with Crippen LogP contribution in [0.25, 0.3) is 0 Å². The number of rotatable bonds is 4. The summed E-state index contributed by atoms with van der Waals surface area (Å²) in [5, 5.41) is 7.25. The Morgan fingerprint density at radius 1 is 1.28 bits per heavy atom. The Kier molecular flexibility index (Phi) is 4.35. The van der Waals surface area contributed by atoms with E-state index >= 15 is 0 Å². The third-order valence-corrected chi connectivity index (χ3v) is 3.89. The van der Waals surface area contributed by atoms with Gasteiger partial charge in [-0.2, -0.15) is 4.98 Å². The van der Waals surface area contributed by atoms with Gasteiger partial charge in [-0.15, -0.1) is 0 Å². The van der Waals surface area contributed by atoms with E-state index in [-0.39, 0.29) is 6.04 Å². The van der Waals surface area contributed by atoms with Crippen LogP contribution in [-0.2, 0) is 0 Å². The van der Waals surface area contributed by atoms with Crippen LogP contribution in [0.1, 0.15) is 57.3 Å². The fraction of sp³-hybridized carbons (Fsp3) is 0.846. The minimum Gasteiger partial charge on any atom is -0.338 e. The van der Waals surface area contributed by atoms with Crippen LogP contribution in [-0.4, -0.2) is 41.2 Å². The quantitative estimate of drug-likeness (QED) is 0.887. The van der Waals surface area contributed by atoms with E-state index in [2.05, 4.69) is 34.2 Å². The lowest BCUT2D eigenvalue weighted by atomic mass is 9.95. The van der Waals surface area contributed by atoms with Crippen LogP contribution in [0.3, 0.4) is 0 Å². The first-order valence-corrected chi connectivity index (χ1v) is 6.86. The smallest absolute Gasteiger partial charge is 0.243 e. The van der Waals surface area contributed by atoms with Gasteiger partial charge in [0.2, 0.25) is 5.89 Å². The molecule has 5 nitrogen and oxygen atoms in total. The normalized spacial score (nSPS) is 20.5. The lowest BCUT2D eigenvalue weighted by Crippen LogP contribution is -2.38. The van der Waals surface area contributed by atoms with Crippen LogP contribution in [0.15, 0.2) is 4.52 Å². The molecule has 1 saturated heterocycles. The molecule has 0 aliphatic carbocycles. The average molecular weight is 252 g/mol. The van der Waals surface area contributed by atoms with Gasteiger partial charge in [0, 0.05) is 12.0 Å². The largest absolute Gasteiger partial charge is 0.338 e. The van der Waals surface area contributed by atoms with Gasteiger partial charge in [-0.05, 0) is 53.8 Å². The van der Waals surface area contributed by atoms with Crippen molar-refractivity contribution in [1.29, 1.82) is 0 Å². The molecule has 5 heteroatoms. The SMILES string of the molecule is CNC(C)c1nc(C2CCN(C(C)C)CC2)no1. The monoisotopic (exact) mass is 252 g/mol. The number of nitrogens with one attached hydrogen (secondary N) is 1. The van der Waals surface area contributed by atoms with E-state index < -0.39 is 0 Å². The molecule has 0 radical (unpaired) electrons. The molecule has 1 atom stereocenters. The number of piperidine rings is 1. The summed E-state index contributed by atoms with van der Waals surface area (Å²) in [6.45, 7) is 8.79. The van der Waals surface area contributed by atoms with Gasteiger partial charge in [0.1, 0.15) is 0 Å². The number of nitrogens with zero attached hydrogens (tertiary/aromatic N) is 3. The summed E-state index contributed by atoms with van der Waals surface area (Å²) in [7, 11) is 1.90. The molecular formula is C13H24N4O. The van der Waals surface area contributed by atoms with Crippen molar-refractivity contribution in [2.45, 2.75) is 51.6 Å². The molecule has 0 bridgehead atoms. The molecule has 1 N–H and O–H groups in total. The van der Waals surface area contributed by atoms with Crippen LogP contribution < -0.4 is 5.32 Å². The van der Waals surface area contributed by atoms with Gasteiger partial charge in [0.15, 0.2) is 5.82 Å². The molecule has 1 aliphatic heterocycles. The summed E-state index contributed by atoms with van der Waals surface area (Å²) < 4.78 is 5.31.